The van der Waals surface area contributed by atoms with Gasteiger partial charge in [0.1, 0.15) is 40.7 Å². The summed E-state index contributed by atoms with van der Waals surface area (Å²) in [6, 6.07) is 5.28. The molecular formula is C43H52BrF4N5O9. The molecule has 1 aromatic carbocycles. The summed E-state index contributed by atoms with van der Waals surface area (Å²) in [6.45, 7) is 21.0. The third-order valence-corrected chi connectivity index (χ3v) is 8.28. The number of carbonyl (C=O) groups is 4. The van der Waals surface area contributed by atoms with Crippen LogP contribution in [0.25, 0.3) is 16.6 Å². The largest absolute Gasteiger partial charge is 0.486 e. The number of halogens is 5. The van der Waals surface area contributed by atoms with Gasteiger partial charge in [0, 0.05) is 11.5 Å². The molecule has 0 saturated heterocycles. The van der Waals surface area contributed by atoms with E-state index in [0.29, 0.717) is 4.90 Å². The maximum atomic E-state index is 15.0. The molecule has 19 heteroatoms. The van der Waals surface area contributed by atoms with E-state index in [1.807, 2.05) is 13.8 Å². The molecule has 0 unspecified atom stereocenters. The number of alkyl halides is 2. The second-order valence-corrected chi connectivity index (χ2v) is 17.1. The van der Waals surface area contributed by atoms with Gasteiger partial charge in [-0.3, -0.25) is 4.79 Å². The van der Waals surface area contributed by atoms with Gasteiger partial charge in [0.2, 0.25) is 11.7 Å². The topological polar surface area (TPSA) is 153 Å². The number of allylic oxidation sites excluding steroid dienone is 3. The van der Waals surface area contributed by atoms with Crippen molar-refractivity contribution in [2.45, 2.75) is 120 Å². The van der Waals surface area contributed by atoms with Gasteiger partial charge in [-0.15, -0.1) is 0 Å². The van der Waals surface area contributed by atoms with Gasteiger partial charge in [0.25, 0.3) is 6.43 Å². The third-order valence-electron chi connectivity index (χ3n) is 7.66. The molecule has 3 heterocycles. The second kappa shape index (κ2) is 20.0. The first-order valence-corrected chi connectivity index (χ1v) is 20.1. The summed E-state index contributed by atoms with van der Waals surface area (Å²) < 4.78 is 84.7. The van der Waals surface area contributed by atoms with Crippen molar-refractivity contribution < 1.29 is 60.4 Å². The van der Waals surface area contributed by atoms with Crippen molar-refractivity contribution in [3.63, 3.8) is 0 Å². The number of rotatable bonds is 10. The molecule has 0 bridgehead atoms. The molecule has 14 nitrogen and oxygen atoms in total. The van der Waals surface area contributed by atoms with Crippen molar-refractivity contribution in [1.82, 2.24) is 19.3 Å². The summed E-state index contributed by atoms with van der Waals surface area (Å²) >= 11 is 3.29. The molecule has 0 spiro atoms. The Kier molecular flexibility index (Phi) is 16.3. The van der Waals surface area contributed by atoms with Crippen LogP contribution < -0.4 is 14.4 Å². The number of hydrogen-bond acceptors (Lipinski definition) is 11. The first kappa shape index (κ1) is 50.6. The maximum absolute atomic E-state index is 15.0. The predicted octanol–water partition coefficient (Wildman–Crippen LogP) is 12.1. The molecule has 4 rings (SSSR count). The zero-order valence-corrected chi connectivity index (χ0v) is 38.7. The molecule has 0 aliphatic carbocycles. The van der Waals surface area contributed by atoms with E-state index in [1.165, 1.54) is 38.1 Å². The quantitative estimate of drug-likeness (QED) is 0.0491. The fourth-order valence-corrected chi connectivity index (χ4v) is 5.80. The molecule has 0 fully saturated rings. The Morgan fingerprint density at radius 2 is 1.44 bits per heavy atom. The Hall–Kier alpha value is -5.72. The minimum absolute atomic E-state index is 0.0224. The van der Waals surface area contributed by atoms with E-state index < -0.39 is 82.7 Å². The predicted molar refractivity (Wildman–Crippen MR) is 228 cm³/mol. The summed E-state index contributed by atoms with van der Waals surface area (Å²) in [6.07, 6.45) is -3.20. The van der Waals surface area contributed by atoms with Crippen LogP contribution in [0.1, 0.15) is 112 Å². The Labute approximate surface area is 365 Å². The van der Waals surface area contributed by atoms with Gasteiger partial charge in [-0.25, -0.2) is 46.2 Å². The Morgan fingerprint density at radius 1 is 0.871 bits per heavy atom. The summed E-state index contributed by atoms with van der Waals surface area (Å²) in [5.41, 5.74) is -3.85. The molecule has 0 N–H and O–H groups in total. The lowest BCUT2D eigenvalue weighted by atomic mass is 10.1. The standard InChI is InChI=1S/C41H46BrF4N5O9.C2H6/c1-13-26(44)34(22(3)43)57-32-14-21(2)29(19-47-32)51-35(50(37(54)59-40(7,8)9)38(55)60-41(10,11)12)24(18-48-51)33(52)28-15-23-16-30(56-20-31(45)46)25(42)17-27(23)49(28)36(53)58-39(4,5)6;1-2/h13-19,31H,20H2,1-12H3;1-2H3/b26-13+,34-22-;. The van der Waals surface area contributed by atoms with Crippen LogP contribution in [0.3, 0.4) is 0 Å². The van der Waals surface area contributed by atoms with Crippen molar-refractivity contribution in [3.05, 3.63) is 81.4 Å². The second-order valence-electron chi connectivity index (χ2n) is 16.2. The van der Waals surface area contributed by atoms with Crippen molar-refractivity contribution >= 4 is 56.7 Å². The highest BCUT2D eigenvalue weighted by Crippen LogP contribution is 2.37. The van der Waals surface area contributed by atoms with Gasteiger partial charge in [-0.05, 0) is 129 Å². The van der Waals surface area contributed by atoms with Crippen LogP contribution in [-0.4, -0.2) is 73.2 Å². The van der Waals surface area contributed by atoms with Gasteiger partial charge in [0.15, 0.2) is 17.4 Å². The normalized spacial score (nSPS) is 12.6. The highest BCUT2D eigenvalue weighted by molar-refractivity contribution is 9.10. The summed E-state index contributed by atoms with van der Waals surface area (Å²) in [7, 11) is 0. The molecule has 62 heavy (non-hydrogen) atoms. The van der Waals surface area contributed by atoms with Crippen LogP contribution in [-0.2, 0) is 14.2 Å². The highest BCUT2D eigenvalue weighted by atomic mass is 79.9. The lowest BCUT2D eigenvalue weighted by molar-refractivity contribution is 0.0425. The number of pyridine rings is 1. The number of fused-ring (bicyclic) bond motifs is 1. The Bertz CT molecular complexity index is 2350. The van der Waals surface area contributed by atoms with Gasteiger partial charge in [-0.1, -0.05) is 13.8 Å². The van der Waals surface area contributed by atoms with Gasteiger partial charge >= 0.3 is 18.3 Å². The molecule has 0 aliphatic heterocycles. The number of ether oxygens (including phenoxy) is 5. The van der Waals surface area contributed by atoms with Gasteiger partial charge in [-0.2, -0.15) is 10.00 Å². The summed E-state index contributed by atoms with van der Waals surface area (Å²) in [5, 5.41) is 4.57. The Balaban J connectivity index is 0.00000504. The maximum Gasteiger partial charge on any atom is 0.425 e. The van der Waals surface area contributed by atoms with E-state index in [-0.39, 0.29) is 43.9 Å². The van der Waals surface area contributed by atoms with Crippen LogP contribution in [0.4, 0.5) is 37.8 Å². The lowest BCUT2D eigenvalue weighted by Gasteiger charge is -2.29. The summed E-state index contributed by atoms with van der Waals surface area (Å²) in [4.78, 5) is 61.9. The molecule has 0 radical (unpaired) electrons. The van der Waals surface area contributed by atoms with Crippen LogP contribution in [0.15, 0.2) is 64.6 Å². The molecule has 3 aromatic heterocycles. The van der Waals surface area contributed by atoms with Crippen molar-refractivity contribution in [1.29, 1.82) is 0 Å². The highest BCUT2D eigenvalue weighted by Gasteiger charge is 2.40. The van der Waals surface area contributed by atoms with E-state index in [0.717, 1.165) is 34.6 Å². The lowest BCUT2D eigenvalue weighted by Crippen LogP contribution is -2.45. The van der Waals surface area contributed by atoms with Crippen molar-refractivity contribution in [3.8, 4) is 17.3 Å². The minimum Gasteiger partial charge on any atom is -0.486 e. The minimum atomic E-state index is -2.80. The number of ketones is 1. The zero-order valence-electron chi connectivity index (χ0n) is 37.1. The number of aromatic nitrogens is 4. The number of nitrogens with zero attached hydrogens (tertiary/aromatic N) is 5. The first-order valence-electron chi connectivity index (χ1n) is 19.3. The van der Waals surface area contributed by atoms with E-state index in [2.05, 4.69) is 26.0 Å². The van der Waals surface area contributed by atoms with Crippen LogP contribution in [0.5, 0.6) is 11.6 Å². The van der Waals surface area contributed by atoms with Crippen LogP contribution >= 0.6 is 15.9 Å². The van der Waals surface area contributed by atoms with Crippen LogP contribution in [0.2, 0.25) is 0 Å². The molecular weight excluding hydrogens is 886 g/mol. The molecule has 0 aliphatic rings. The van der Waals surface area contributed by atoms with Gasteiger partial charge < -0.3 is 23.7 Å². The van der Waals surface area contributed by atoms with Crippen molar-refractivity contribution in [2.24, 2.45) is 0 Å². The average molecular weight is 939 g/mol. The fourth-order valence-electron chi connectivity index (χ4n) is 5.36. The van der Waals surface area contributed by atoms with E-state index in [1.54, 1.807) is 62.3 Å². The van der Waals surface area contributed by atoms with E-state index in [4.69, 9.17) is 23.7 Å². The number of hydrogen-bond donors (Lipinski definition) is 0. The molecule has 2 amide bonds. The smallest absolute Gasteiger partial charge is 0.425 e. The molecule has 0 saturated carbocycles. The molecule has 4 aromatic rings. The number of benzene rings is 1. The SMILES string of the molecule is C/C=C(F)\C(Oc1cc(C)c(-n2ncc(C(=O)c3cc4cc(OCC(F)F)c(Br)cc4n3C(=O)OC(C)(C)C)c2N(C(=O)OC(C)(C)C)C(=O)OC(C)(C)C)cn1)=C(/C)F.CC. The summed E-state index contributed by atoms with van der Waals surface area (Å²) in [5.74, 6) is -4.45. The fraction of sp³-hybridized carbons (Fsp3) is 0.442. The number of aryl methyl sites for hydroxylation is 1. The first-order chi connectivity index (χ1) is 28.6. The number of carbonyl (C=O) groups excluding carboxylic acids is 4. The third kappa shape index (κ3) is 12.7. The van der Waals surface area contributed by atoms with Gasteiger partial charge in [0.05, 0.1) is 33.6 Å². The van der Waals surface area contributed by atoms with E-state index in [9.17, 15) is 31.9 Å². The monoisotopic (exact) mass is 937 g/mol. The van der Waals surface area contributed by atoms with Crippen LogP contribution in [0, 0.1) is 6.92 Å². The molecule has 338 valence electrons. The average Bonchev–Trinajstić information content (AvgIpc) is 3.72. The Morgan fingerprint density at radius 3 is 1.92 bits per heavy atom. The number of anilines is 1. The van der Waals surface area contributed by atoms with E-state index >= 15 is 4.79 Å². The van der Waals surface area contributed by atoms with Crippen molar-refractivity contribution in [2.75, 3.05) is 11.5 Å². The zero-order chi connectivity index (χ0) is 47.2. The number of imide groups is 1. The number of amides is 2. The molecule has 0 atom stereocenters.